The van der Waals surface area contributed by atoms with Gasteiger partial charge < -0.3 is 5.11 Å². The minimum absolute atomic E-state index is 0.118. The highest BCUT2D eigenvalue weighted by atomic mass is 35.5. The summed E-state index contributed by atoms with van der Waals surface area (Å²) in [5, 5.41) is 9.56. The smallest absolute Gasteiger partial charge is 0.335 e. The van der Waals surface area contributed by atoms with Crippen molar-refractivity contribution in [2.24, 2.45) is 0 Å². The average Bonchev–Trinajstić information content (AvgIpc) is 3.14. The van der Waals surface area contributed by atoms with Gasteiger partial charge in [-0.05, 0) is 48.4 Å². The van der Waals surface area contributed by atoms with Crippen molar-refractivity contribution >= 4 is 51.5 Å². The van der Waals surface area contributed by atoms with E-state index in [1.807, 2.05) is 18.2 Å². The first-order valence-corrected chi connectivity index (χ1v) is 8.46. The van der Waals surface area contributed by atoms with Gasteiger partial charge in [-0.1, -0.05) is 11.6 Å². The van der Waals surface area contributed by atoms with Crippen LogP contribution in [-0.4, -0.2) is 20.6 Å². The van der Waals surface area contributed by atoms with Crippen LogP contribution in [-0.2, 0) is 6.54 Å². The summed E-state index contributed by atoms with van der Waals surface area (Å²) in [6, 6.07) is 8.15. The van der Waals surface area contributed by atoms with Crippen molar-refractivity contribution in [3.8, 4) is 0 Å². The number of nitrogens with zero attached hydrogens (tertiary/aromatic N) is 2. The van der Waals surface area contributed by atoms with Gasteiger partial charge in [0.25, 0.3) is 5.56 Å². The number of halogens is 1. The summed E-state index contributed by atoms with van der Waals surface area (Å²) >= 11 is 7.42. The predicted octanol–water partition coefficient (Wildman–Crippen LogP) is 3.75. The first kappa shape index (κ1) is 15.1. The molecule has 3 aromatic rings. The van der Waals surface area contributed by atoms with E-state index in [9.17, 15) is 9.59 Å². The third-order valence-electron chi connectivity index (χ3n) is 4.00. The molecule has 1 aliphatic rings. The number of allylic oxidation sites excluding steroid dienone is 1. The molecule has 0 unspecified atom stereocenters. The molecule has 0 amide bonds. The maximum absolute atomic E-state index is 12.6. The van der Waals surface area contributed by atoms with E-state index in [2.05, 4.69) is 4.98 Å². The number of hydrogen-bond donors (Lipinski definition) is 1. The number of rotatable bonds is 2. The van der Waals surface area contributed by atoms with Crippen molar-refractivity contribution in [3.05, 3.63) is 61.3 Å². The highest BCUT2D eigenvalue weighted by Gasteiger charge is 2.21. The van der Waals surface area contributed by atoms with E-state index in [1.54, 1.807) is 4.57 Å². The molecular weight excluding hydrogens is 348 g/mol. The van der Waals surface area contributed by atoms with Gasteiger partial charge in [0.1, 0.15) is 5.82 Å². The number of carboxylic acid groups (broad SMARTS) is 1. The van der Waals surface area contributed by atoms with Crippen molar-refractivity contribution in [2.75, 3.05) is 0 Å². The summed E-state index contributed by atoms with van der Waals surface area (Å²) in [7, 11) is 0. The molecule has 24 heavy (non-hydrogen) atoms. The molecule has 2 aromatic heterocycles. The molecule has 1 N–H and O–H groups in total. The predicted molar refractivity (Wildman–Crippen MR) is 94.8 cm³/mol. The van der Waals surface area contributed by atoms with Crippen molar-refractivity contribution in [1.82, 2.24) is 9.55 Å². The lowest BCUT2D eigenvalue weighted by molar-refractivity contribution is 0.0697. The Hall–Kier alpha value is -2.44. The Labute approximate surface area is 145 Å². The number of carboxylic acids is 1. The van der Waals surface area contributed by atoms with Gasteiger partial charge in [-0.15, -0.1) is 11.3 Å². The molecule has 4 rings (SSSR count). The van der Waals surface area contributed by atoms with Crippen LogP contribution in [0.5, 0.6) is 0 Å². The van der Waals surface area contributed by atoms with E-state index in [-0.39, 0.29) is 11.1 Å². The molecule has 0 saturated carbocycles. The topological polar surface area (TPSA) is 72.2 Å². The zero-order chi connectivity index (χ0) is 16.8. The Morgan fingerprint density at radius 2 is 2.17 bits per heavy atom. The third kappa shape index (κ3) is 2.44. The van der Waals surface area contributed by atoms with Gasteiger partial charge in [0.05, 0.1) is 20.8 Å². The molecule has 5 nitrogen and oxygen atoms in total. The standard InChI is InChI=1S/C17H11ClN2O3S/c18-14-4-2-11(24-14)7-9-5-6-20-15(9)19-13-8-10(17(22)23)1-3-12(13)16(20)21/h1-4,7-8H,5-6H2,(H,22,23)/b9-7-. The second kappa shape index (κ2) is 5.58. The fourth-order valence-corrected chi connectivity index (χ4v) is 3.89. The maximum atomic E-state index is 12.6. The van der Waals surface area contributed by atoms with Crippen molar-refractivity contribution in [2.45, 2.75) is 13.0 Å². The van der Waals surface area contributed by atoms with Gasteiger partial charge in [0, 0.05) is 11.4 Å². The maximum Gasteiger partial charge on any atom is 0.335 e. The number of hydrogen-bond acceptors (Lipinski definition) is 4. The van der Waals surface area contributed by atoms with Crippen LogP contribution in [0.1, 0.15) is 27.5 Å². The number of benzene rings is 1. The first-order valence-electron chi connectivity index (χ1n) is 7.27. The third-order valence-corrected chi connectivity index (χ3v) is 5.18. The highest BCUT2D eigenvalue weighted by molar-refractivity contribution is 7.17. The summed E-state index contributed by atoms with van der Waals surface area (Å²) in [6.45, 7) is 0.572. The molecule has 0 atom stereocenters. The van der Waals surface area contributed by atoms with Crippen molar-refractivity contribution in [1.29, 1.82) is 0 Å². The van der Waals surface area contributed by atoms with E-state index in [0.717, 1.165) is 10.5 Å². The normalized spacial score (nSPS) is 15.1. The Morgan fingerprint density at radius 1 is 1.33 bits per heavy atom. The van der Waals surface area contributed by atoms with Crippen LogP contribution in [0.2, 0.25) is 4.34 Å². The van der Waals surface area contributed by atoms with E-state index < -0.39 is 5.97 Å². The Kier molecular flexibility index (Phi) is 3.51. The van der Waals surface area contributed by atoms with Crippen LogP contribution in [0.4, 0.5) is 0 Å². The largest absolute Gasteiger partial charge is 0.478 e. The number of aromatic nitrogens is 2. The summed E-state index contributed by atoms with van der Waals surface area (Å²) in [5.74, 6) is -0.442. The van der Waals surface area contributed by atoms with Gasteiger partial charge in [-0.2, -0.15) is 0 Å². The van der Waals surface area contributed by atoms with Gasteiger partial charge in [-0.25, -0.2) is 9.78 Å². The number of fused-ring (bicyclic) bond motifs is 2. The molecule has 0 fully saturated rings. The summed E-state index contributed by atoms with van der Waals surface area (Å²) < 4.78 is 2.35. The fourth-order valence-electron chi connectivity index (χ4n) is 2.87. The number of carbonyl (C=O) groups is 1. The molecule has 1 aromatic carbocycles. The highest BCUT2D eigenvalue weighted by Crippen LogP contribution is 2.30. The zero-order valence-electron chi connectivity index (χ0n) is 12.3. The lowest BCUT2D eigenvalue weighted by atomic mass is 10.1. The van der Waals surface area contributed by atoms with E-state index in [0.29, 0.717) is 34.0 Å². The van der Waals surface area contributed by atoms with Gasteiger partial charge in [0.2, 0.25) is 0 Å². The molecule has 120 valence electrons. The molecule has 3 heterocycles. The molecular formula is C17H11ClN2O3S. The van der Waals surface area contributed by atoms with Crippen LogP contribution in [0, 0.1) is 0 Å². The molecule has 0 bridgehead atoms. The second-order valence-corrected chi connectivity index (χ2v) is 7.24. The molecule has 7 heteroatoms. The van der Waals surface area contributed by atoms with Gasteiger partial charge in [-0.3, -0.25) is 9.36 Å². The van der Waals surface area contributed by atoms with Gasteiger partial charge in [0.15, 0.2) is 0 Å². The molecule has 0 saturated heterocycles. The Balaban J connectivity index is 1.91. The Morgan fingerprint density at radius 3 is 2.88 bits per heavy atom. The van der Waals surface area contributed by atoms with Crippen molar-refractivity contribution in [3.63, 3.8) is 0 Å². The van der Waals surface area contributed by atoms with Gasteiger partial charge >= 0.3 is 5.97 Å². The quantitative estimate of drug-likeness (QED) is 0.757. The van der Waals surface area contributed by atoms with Crippen LogP contribution >= 0.6 is 22.9 Å². The second-order valence-electron chi connectivity index (χ2n) is 5.49. The lowest BCUT2D eigenvalue weighted by Gasteiger charge is -2.06. The summed E-state index contributed by atoms with van der Waals surface area (Å²) in [4.78, 5) is 29.3. The first-order chi connectivity index (χ1) is 11.5. The number of aromatic carboxylic acids is 1. The molecule has 0 spiro atoms. The lowest BCUT2D eigenvalue weighted by Crippen LogP contribution is -2.20. The minimum Gasteiger partial charge on any atom is -0.478 e. The summed E-state index contributed by atoms with van der Waals surface area (Å²) in [6.07, 6.45) is 2.69. The summed E-state index contributed by atoms with van der Waals surface area (Å²) in [5.41, 5.74) is 1.34. The Bertz CT molecular complexity index is 1080. The minimum atomic E-state index is -1.04. The van der Waals surface area contributed by atoms with Crippen LogP contribution in [0.15, 0.2) is 35.1 Å². The molecule has 0 aliphatic carbocycles. The van der Waals surface area contributed by atoms with Crippen molar-refractivity contribution < 1.29 is 9.90 Å². The van der Waals surface area contributed by atoms with E-state index in [4.69, 9.17) is 16.7 Å². The molecule has 1 aliphatic heterocycles. The average molecular weight is 359 g/mol. The van der Waals surface area contributed by atoms with E-state index >= 15 is 0 Å². The zero-order valence-corrected chi connectivity index (χ0v) is 13.9. The molecule has 0 radical (unpaired) electrons. The SMILES string of the molecule is O=C(O)c1ccc2c(=O)n3c(nc2c1)/C(=C\c1ccc(Cl)s1)CC3. The van der Waals surface area contributed by atoms with E-state index in [1.165, 1.54) is 29.5 Å². The van der Waals surface area contributed by atoms with Crippen LogP contribution < -0.4 is 5.56 Å². The van der Waals surface area contributed by atoms with Crippen LogP contribution in [0.25, 0.3) is 22.6 Å². The monoisotopic (exact) mass is 358 g/mol. The van der Waals surface area contributed by atoms with Crippen LogP contribution in [0.3, 0.4) is 0 Å². The number of thiophene rings is 1. The fraction of sp³-hybridized carbons (Fsp3) is 0.118.